The minimum Gasteiger partial charge on any atom is -0.371 e. The van der Waals surface area contributed by atoms with Crippen LogP contribution < -0.4 is 0 Å². The van der Waals surface area contributed by atoms with Gasteiger partial charge in [0, 0.05) is 0 Å². The van der Waals surface area contributed by atoms with Gasteiger partial charge >= 0.3 is 0 Å². The van der Waals surface area contributed by atoms with Crippen molar-refractivity contribution >= 4 is 5.78 Å². The summed E-state index contributed by atoms with van der Waals surface area (Å²) in [7, 11) is 0. The normalized spacial score (nSPS) is 17.3. The smallest absolute Gasteiger partial charge is 0.184 e. The molecule has 74 valence electrons. The standard InChI is InChI=1S/C11H18O2/c1-9(2)13-8-11(12)10-6-4-3-5-7-10/h6,9H,3-5,7-8H2,1-2H3. The average molecular weight is 182 g/mol. The predicted molar refractivity (Wildman–Crippen MR) is 52.6 cm³/mol. The number of ketones is 1. The number of allylic oxidation sites excluding steroid dienone is 1. The monoisotopic (exact) mass is 182 g/mol. The third kappa shape index (κ3) is 3.73. The van der Waals surface area contributed by atoms with Gasteiger partial charge in [-0.1, -0.05) is 6.08 Å². The van der Waals surface area contributed by atoms with Crippen LogP contribution in [-0.2, 0) is 9.53 Å². The molecule has 1 rings (SSSR count). The van der Waals surface area contributed by atoms with E-state index in [1.165, 1.54) is 6.42 Å². The van der Waals surface area contributed by atoms with Gasteiger partial charge in [0.2, 0.25) is 0 Å². The first-order valence-corrected chi connectivity index (χ1v) is 5.04. The quantitative estimate of drug-likeness (QED) is 0.667. The topological polar surface area (TPSA) is 26.3 Å². The summed E-state index contributed by atoms with van der Waals surface area (Å²) in [5.41, 5.74) is 0.979. The van der Waals surface area contributed by atoms with Crippen LogP contribution in [0.1, 0.15) is 39.5 Å². The number of hydrogen-bond donors (Lipinski definition) is 0. The Kier molecular flexibility index (Phi) is 4.16. The minimum atomic E-state index is 0.146. The van der Waals surface area contributed by atoms with Gasteiger partial charge in [-0.25, -0.2) is 0 Å². The lowest BCUT2D eigenvalue weighted by atomic mass is 9.97. The van der Waals surface area contributed by atoms with E-state index in [-0.39, 0.29) is 18.5 Å². The van der Waals surface area contributed by atoms with Crippen LogP contribution in [0.4, 0.5) is 0 Å². The average Bonchev–Trinajstić information content (AvgIpc) is 2.15. The maximum absolute atomic E-state index is 11.5. The van der Waals surface area contributed by atoms with Crippen LogP contribution in [0.15, 0.2) is 11.6 Å². The summed E-state index contributed by atoms with van der Waals surface area (Å²) >= 11 is 0. The van der Waals surface area contributed by atoms with Crippen LogP contribution in [0.2, 0.25) is 0 Å². The molecule has 2 heteroatoms. The Labute approximate surface area is 80.0 Å². The fourth-order valence-corrected chi connectivity index (χ4v) is 1.43. The largest absolute Gasteiger partial charge is 0.371 e. The first kappa shape index (κ1) is 10.5. The van der Waals surface area contributed by atoms with E-state index in [1.54, 1.807) is 0 Å². The predicted octanol–water partition coefficient (Wildman–Crippen LogP) is 2.48. The molecule has 0 spiro atoms. The van der Waals surface area contributed by atoms with Crippen molar-refractivity contribution in [3.05, 3.63) is 11.6 Å². The van der Waals surface area contributed by atoms with Crippen LogP contribution in [-0.4, -0.2) is 18.5 Å². The molecule has 0 atom stereocenters. The fourth-order valence-electron chi connectivity index (χ4n) is 1.43. The summed E-state index contributed by atoms with van der Waals surface area (Å²) in [5, 5.41) is 0. The van der Waals surface area contributed by atoms with Crippen molar-refractivity contribution in [2.24, 2.45) is 0 Å². The Hall–Kier alpha value is -0.630. The van der Waals surface area contributed by atoms with E-state index in [0.717, 1.165) is 24.8 Å². The maximum Gasteiger partial charge on any atom is 0.184 e. The van der Waals surface area contributed by atoms with Gasteiger partial charge in [-0.2, -0.15) is 0 Å². The van der Waals surface area contributed by atoms with E-state index in [9.17, 15) is 4.79 Å². The third-order valence-electron chi connectivity index (χ3n) is 2.20. The number of carbonyl (C=O) groups is 1. The molecule has 2 nitrogen and oxygen atoms in total. The van der Waals surface area contributed by atoms with Gasteiger partial charge in [0.05, 0.1) is 6.10 Å². The van der Waals surface area contributed by atoms with Gasteiger partial charge in [-0.3, -0.25) is 4.79 Å². The van der Waals surface area contributed by atoms with E-state index >= 15 is 0 Å². The molecule has 0 saturated carbocycles. The fraction of sp³-hybridized carbons (Fsp3) is 0.727. The number of hydrogen-bond acceptors (Lipinski definition) is 2. The van der Waals surface area contributed by atoms with Crippen molar-refractivity contribution in [1.29, 1.82) is 0 Å². The van der Waals surface area contributed by atoms with E-state index in [1.807, 2.05) is 13.8 Å². The molecule has 0 aliphatic heterocycles. The van der Waals surface area contributed by atoms with Crippen molar-refractivity contribution < 1.29 is 9.53 Å². The molecular formula is C11H18O2. The van der Waals surface area contributed by atoms with Gasteiger partial charge < -0.3 is 4.74 Å². The summed E-state index contributed by atoms with van der Waals surface area (Å²) in [5.74, 6) is 0.174. The summed E-state index contributed by atoms with van der Waals surface area (Å²) in [6, 6.07) is 0. The summed E-state index contributed by atoms with van der Waals surface area (Å²) in [6.07, 6.45) is 6.59. The zero-order valence-corrected chi connectivity index (χ0v) is 8.51. The highest BCUT2D eigenvalue weighted by Crippen LogP contribution is 2.18. The molecule has 0 saturated heterocycles. The lowest BCUT2D eigenvalue weighted by Gasteiger charge is -2.12. The van der Waals surface area contributed by atoms with Crippen LogP contribution in [0.3, 0.4) is 0 Å². The maximum atomic E-state index is 11.5. The first-order chi connectivity index (χ1) is 6.20. The zero-order valence-electron chi connectivity index (χ0n) is 8.51. The molecule has 1 aliphatic rings. The number of ether oxygens (including phenoxy) is 1. The highest BCUT2D eigenvalue weighted by molar-refractivity contribution is 5.96. The van der Waals surface area contributed by atoms with E-state index in [0.29, 0.717) is 0 Å². The Bertz CT molecular complexity index is 204. The minimum absolute atomic E-state index is 0.146. The molecular weight excluding hydrogens is 164 g/mol. The zero-order chi connectivity index (χ0) is 9.68. The van der Waals surface area contributed by atoms with Crippen LogP contribution in [0.25, 0.3) is 0 Å². The Balaban J connectivity index is 2.34. The third-order valence-corrected chi connectivity index (χ3v) is 2.20. The molecule has 0 aromatic carbocycles. The van der Waals surface area contributed by atoms with Crippen molar-refractivity contribution in [2.75, 3.05) is 6.61 Å². The number of rotatable bonds is 4. The molecule has 0 fully saturated rings. The van der Waals surface area contributed by atoms with Crippen LogP contribution >= 0.6 is 0 Å². The van der Waals surface area contributed by atoms with Crippen molar-refractivity contribution in [1.82, 2.24) is 0 Å². The molecule has 0 bridgehead atoms. The Morgan fingerprint density at radius 1 is 1.54 bits per heavy atom. The number of Topliss-reactive ketones (excluding diaryl/α,β-unsaturated/α-hetero) is 1. The molecule has 0 aromatic heterocycles. The number of carbonyl (C=O) groups excluding carboxylic acids is 1. The van der Waals surface area contributed by atoms with Crippen LogP contribution in [0, 0.1) is 0 Å². The second-order valence-corrected chi connectivity index (χ2v) is 3.76. The summed E-state index contributed by atoms with van der Waals surface area (Å²) in [6.45, 7) is 4.15. The first-order valence-electron chi connectivity index (χ1n) is 5.04. The SMILES string of the molecule is CC(C)OCC(=O)C1=CCCCC1. The summed E-state index contributed by atoms with van der Waals surface area (Å²) in [4.78, 5) is 11.5. The van der Waals surface area contributed by atoms with Gasteiger partial charge in [0.1, 0.15) is 6.61 Å². The lowest BCUT2D eigenvalue weighted by Crippen LogP contribution is -2.16. The highest BCUT2D eigenvalue weighted by Gasteiger charge is 2.12. The molecule has 0 aromatic rings. The molecule has 0 radical (unpaired) electrons. The molecule has 0 amide bonds. The van der Waals surface area contributed by atoms with Crippen molar-refractivity contribution in [3.63, 3.8) is 0 Å². The second-order valence-electron chi connectivity index (χ2n) is 3.76. The van der Waals surface area contributed by atoms with Crippen LogP contribution in [0.5, 0.6) is 0 Å². The summed E-state index contributed by atoms with van der Waals surface area (Å²) < 4.78 is 5.27. The molecule has 0 unspecified atom stereocenters. The molecule has 13 heavy (non-hydrogen) atoms. The van der Waals surface area contributed by atoms with Gasteiger partial charge in [0.25, 0.3) is 0 Å². The molecule has 0 heterocycles. The van der Waals surface area contributed by atoms with Crippen molar-refractivity contribution in [2.45, 2.75) is 45.6 Å². The van der Waals surface area contributed by atoms with E-state index in [2.05, 4.69) is 6.08 Å². The van der Waals surface area contributed by atoms with Gasteiger partial charge in [-0.15, -0.1) is 0 Å². The lowest BCUT2D eigenvalue weighted by molar-refractivity contribution is -0.121. The second kappa shape index (κ2) is 5.18. The van der Waals surface area contributed by atoms with E-state index < -0.39 is 0 Å². The Morgan fingerprint density at radius 3 is 2.85 bits per heavy atom. The van der Waals surface area contributed by atoms with Gasteiger partial charge in [0.15, 0.2) is 5.78 Å². The highest BCUT2D eigenvalue weighted by atomic mass is 16.5. The van der Waals surface area contributed by atoms with Crippen molar-refractivity contribution in [3.8, 4) is 0 Å². The van der Waals surface area contributed by atoms with Gasteiger partial charge in [-0.05, 0) is 45.1 Å². The molecule has 0 N–H and O–H groups in total. The van der Waals surface area contributed by atoms with E-state index in [4.69, 9.17) is 4.74 Å². The molecule has 1 aliphatic carbocycles. The Morgan fingerprint density at radius 2 is 2.31 bits per heavy atom.